The first-order chi connectivity index (χ1) is 8.66. The molecule has 2 rings (SSSR count). The van der Waals surface area contributed by atoms with Crippen LogP contribution in [-0.2, 0) is 22.1 Å². The predicted octanol–water partition coefficient (Wildman–Crippen LogP) is 1.78. The fourth-order valence-corrected chi connectivity index (χ4v) is 2.80. The minimum atomic E-state index is -0.867. The van der Waals surface area contributed by atoms with E-state index in [0.717, 1.165) is 12.0 Å². The molecular formula is C13H17NO3S. The SMILES string of the molecule is CS(=O)C1CCN(C(=O)OCc2ccccc2)C1. The van der Waals surface area contributed by atoms with Gasteiger partial charge in [-0.25, -0.2) is 4.79 Å². The molecule has 5 heteroatoms. The van der Waals surface area contributed by atoms with Crippen molar-refractivity contribution in [3.05, 3.63) is 35.9 Å². The molecule has 2 atom stereocenters. The number of carbonyl (C=O) groups is 1. The maximum absolute atomic E-state index is 11.8. The second kappa shape index (κ2) is 6.00. The van der Waals surface area contributed by atoms with Crippen molar-refractivity contribution in [1.82, 2.24) is 4.90 Å². The molecule has 0 aromatic heterocycles. The lowest BCUT2D eigenvalue weighted by molar-refractivity contribution is 0.104. The molecule has 1 aromatic carbocycles. The molecule has 1 fully saturated rings. The number of benzene rings is 1. The van der Waals surface area contributed by atoms with Crippen LogP contribution < -0.4 is 0 Å². The zero-order chi connectivity index (χ0) is 13.0. The van der Waals surface area contributed by atoms with Gasteiger partial charge in [-0.05, 0) is 12.0 Å². The highest BCUT2D eigenvalue weighted by molar-refractivity contribution is 7.84. The van der Waals surface area contributed by atoms with E-state index in [4.69, 9.17) is 4.74 Å². The third-order valence-corrected chi connectivity index (χ3v) is 4.40. The number of hydrogen-bond donors (Lipinski definition) is 0. The van der Waals surface area contributed by atoms with Crippen molar-refractivity contribution in [3.8, 4) is 0 Å². The van der Waals surface area contributed by atoms with Crippen LogP contribution in [0, 0.1) is 0 Å². The van der Waals surface area contributed by atoms with Crippen LogP contribution in [0.4, 0.5) is 4.79 Å². The molecule has 1 heterocycles. The summed E-state index contributed by atoms with van der Waals surface area (Å²) < 4.78 is 16.6. The van der Waals surface area contributed by atoms with Crippen LogP contribution in [0.25, 0.3) is 0 Å². The molecule has 0 aliphatic carbocycles. The van der Waals surface area contributed by atoms with Crippen molar-refractivity contribution < 1.29 is 13.7 Å². The summed E-state index contributed by atoms with van der Waals surface area (Å²) in [5.74, 6) is 0. The van der Waals surface area contributed by atoms with Gasteiger partial charge in [-0.1, -0.05) is 30.3 Å². The third kappa shape index (κ3) is 3.32. The maximum atomic E-state index is 11.8. The summed E-state index contributed by atoms with van der Waals surface area (Å²) in [6.07, 6.45) is 2.17. The quantitative estimate of drug-likeness (QED) is 0.838. The van der Waals surface area contributed by atoms with Crippen molar-refractivity contribution in [2.45, 2.75) is 18.3 Å². The van der Waals surface area contributed by atoms with E-state index in [-0.39, 0.29) is 18.0 Å². The van der Waals surface area contributed by atoms with Crippen LogP contribution in [0.15, 0.2) is 30.3 Å². The number of nitrogens with zero attached hydrogens (tertiary/aromatic N) is 1. The monoisotopic (exact) mass is 267 g/mol. The van der Waals surface area contributed by atoms with Crippen LogP contribution in [0.2, 0.25) is 0 Å². The van der Waals surface area contributed by atoms with Gasteiger partial charge in [0.2, 0.25) is 0 Å². The summed E-state index contributed by atoms with van der Waals surface area (Å²) in [6, 6.07) is 9.58. The van der Waals surface area contributed by atoms with Gasteiger partial charge in [-0.15, -0.1) is 0 Å². The molecule has 4 nitrogen and oxygen atoms in total. The smallest absolute Gasteiger partial charge is 0.410 e. The number of carbonyl (C=O) groups excluding carboxylic acids is 1. The summed E-state index contributed by atoms with van der Waals surface area (Å²) in [4.78, 5) is 13.4. The van der Waals surface area contributed by atoms with E-state index < -0.39 is 10.8 Å². The summed E-state index contributed by atoms with van der Waals surface area (Å²) >= 11 is 0. The van der Waals surface area contributed by atoms with Crippen LogP contribution in [0.3, 0.4) is 0 Å². The van der Waals surface area contributed by atoms with Gasteiger partial charge in [0, 0.05) is 30.1 Å². The minimum absolute atomic E-state index is 0.0919. The average Bonchev–Trinajstić information content (AvgIpc) is 2.87. The average molecular weight is 267 g/mol. The minimum Gasteiger partial charge on any atom is -0.445 e. The summed E-state index contributed by atoms with van der Waals surface area (Å²) in [5.41, 5.74) is 0.973. The van der Waals surface area contributed by atoms with E-state index in [1.807, 2.05) is 30.3 Å². The zero-order valence-electron chi connectivity index (χ0n) is 10.4. The molecular weight excluding hydrogens is 250 g/mol. The summed E-state index contributed by atoms with van der Waals surface area (Å²) in [6.45, 7) is 1.46. The van der Waals surface area contributed by atoms with Crippen LogP contribution in [0.5, 0.6) is 0 Å². The number of amides is 1. The summed E-state index contributed by atoms with van der Waals surface area (Å²) in [7, 11) is -0.867. The molecule has 18 heavy (non-hydrogen) atoms. The van der Waals surface area contributed by atoms with E-state index in [9.17, 15) is 9.00 Å². The van der Waals surface area contributed by atoms with E-state index in [1.54, 1.807) is 11.2 Å². The number of rotatable bonds is 3. The Balaban J connectivity index is 1.81. The fraction of sp³-hybridized carbons (Fsp3) is 0.462. The van der Waals surface area contributed by atoms with Gasteiger partial charge < -0.3 is 9.64 Å². The number of ether oxygens (including phenoxy) is 1. The number of likely N-dealkylation sites (tertiary alicyclic amines) is 1. The van der Waals surface area contributed by atoms with Gasteiger partial charge in [0.25, 0.3) is 0 Å². The van der Waals surface area contributed by atoms with Crippen molar-refractivity contribution >= 4 is 16.9 Å². The molecule has 1 aromatic rings. The highest BCUT2D eigenvalue weighted by atomic mass is 32.2. The van der Waals surface area contributed by atoms with Crippen molar-refractivity contribution in [1.29, 1.82) is 0 Å². The molecule has 1 aliphatic heterocycles. The van der Waals surface area contributed by atoms with Crippen molar-refractivity contribution in [2.24, 2.45) is 0 Å². The molecule has 98 valence electrons. The Morgan fingerprint density at radius 2 is 2.17 bits per heavy atom. The summed E-state index contributed by atoms with van der Waals surface area (Å²) in [5, 5.41) is 0.0919. The molecule has 0 N–H and O–H groups in total. The third-order valence-electron chi connectivity index (χ3n) is 3.08. The van der Waals surface area contributed by atoms with E-state index in [1.165, 1.54) is 0 Å². The highest BCUT2D eigenvalue weighted by Crippen LogP contribution is 2.15. The lowest BCUT2D eigenvalue weighted by Crippen LogP contribution is -2.30. The molecule has 0 spiro atoms. The van der Waals surface area contributed by atoms with Gasteiger partial charge in [-0.2, -0.15) is 0 Å². The Hall–Kier alpha value is -1.36. The molecule has 1 aliphatic rings. The Labute approximate surface area is 109 Å². The lowest BCUT2D eigenvalue weighted by Gasteiger charge is -2.15. The first-order valence-corrected chi connectivity index (χ1v) is 7.57. The largest absolute Gasteiger partial charge is 0.445 e. The van der Waals surface area contributed by atoms with Crippen LogP contribution >= 0.6 is 0 Å². The Kier molecular flexibility index (Phi) is 4.36. The maximum Gasteiger partial charge on any atom is 0.410 e. The molecule has 0 saturated carbocycles. The Morgan fingerprint density at radius 3 is 2.78 bits per heavy atom. The van der Waals surface area contributed by atoms with E-state index in [2.05, 4.69) is 0 Å². The van der Waals surface area contributed by atoms with Gasteiger partial charge in [-0.3, -0.25) is 4.21 Å². The van der Waals surface area contributed by atoms with E-state index >= 15 is 0 Å². The second-order valence-corrected chi connectivity index (χ2v) is 6.06. The first-order valence-electron chi connectivity index (χ1n) is 5.94. The van der Waals surface area contributed by atoms with Gasteiger partial charge in [0.05, 0.1) is 5.25 Å². The fourth-order valence-electron chi connectivity index (χ4n) is 1.98. The van der Waals surface area contributed by atoms with Gasteiger partial charge in [0.15, 0.2) is 0 Å². The van der Waals surface area contributed by atoms with Crippen molar-refractivity contribution in [2.75, 3.05) is 19.3 Å². The second-order valence-electron chi connectivity index (χ2n) is 4.40. The van der Waals surface area contributed by atoms with Gasteiger partial charge >= 0.3 is 6.09 Å². The Bertz CT molecular complexity index is 435. The topological polar surface area (TPSA) is 46.6 Å². The standard InChI is InChI=1S/C13H17NO3S/c1-18(16)12-7-8-14(9-12)13(15)17-10-11-5-3-2-4-6-11/h2-6,12H,7-10H2,1H3. The molecule has 0 bridgehead atoms. The Morgan fingerprint density at radius 1 is 1.44 bits per heavy atom. The lowest BCUT2D eigenvalue weighted by atomic mass is 10.2. The normalized spacial score (nSPS) is 20.7. The van der Waals surface area contributed by atoms with Crippen molar-refractivity contribution in [3.63, 3.8) is 0 Å². The highest BCUT2D eigenvalue weighted by Gasteiger charge is 2.29. The molecule has 1 amide bonds. The van der Waals surface area contributed by atoms with E-state index in [0.29, 0.717) is 13.1 Å². The van der Waals surface area contributed by atoms with Gasteiger partial charge in [0.1, 0.15) is 6.61 Å². The molecule has 0 radical (unpaired) electrons. The van der Waals surface area contributed by atoms with Crippen LogP contribution in [0.1, 0.15) is 12.0 Å². The predicted molar refractivity (Wildman–Crippen MR) is 70.7 cm³/mol. The molecule has 2 unspecified atom stereocenters. The first kappa shape index (κ1) is 13.1. The number of hydrogen-bond acceptors (Lipinski definition) is 3. The molecule has 1 saturated heterocycles. The zero-order valence-corrected chi connectivity index (χ0v) is 11.2. The van der Waals surface area contributed by atoms with Crippen LogP contribution in [-0.4, -0.2) is 39.8 Å².